The molecule has 2 aromatic heterocycles. The minimum absolute atomic E-state index is 0.0168. The second-order valence-electron chi connectivity index (χ2n) is 22.2. The van der Waals surface area contributed by atoms with E-state index in [4.69, 9.17) is 9.72 Å². The first-order valence-electron chi connectivity index (χ1n) is 26.5. The zero-order valence-corrected chi connectivity index (χ0v) is 45.5. The molecule has 1 aliphatic carbocycles. The lowest BCUT2D eigenvalue weighted by Gasteiger charge is -2.47. The zero-order valence-electron chi connectivity index (χ0n) is 45.5. The summed E-state index contributed by atoms with van der Waals surface area (Å²) >= 11 is 0. The smallest absolute Gasteiger partial charge is 0.407 e. The van der Waals surface area contributed by atoms with Crippen molar-refractivity contribution in [3.05, 3.63) is 101 Å². The normalized spacial score (nSPS) is 19.4. The molecule has 5 heterocycles. The van der Waals surface area contributed by atoms with Crippen LogP contribution in [0.2, 0.25) is 0 Å². The van der Waals surface area contributed by atoms with Crippen LogP contribution in [0.25, 0.3) is 11.3 Å². The molecule has 2 unspecified atom stereocenters. The topological polar surface area (TPSA) is 193 Å². The van der Waals surface area contributed by atoms with Crippen LogP contribution >= 0.6 is 0 Å². The molecular formula is C56H65F8N9O8. The lowest BCUT2D eigenvalue weighted by molar-refractivity contribution is -0.231. The van der Waals surface area contributed by atoms with Gasteiger partial charge in [-0.15, -0.1) is 0 Å². The Morgan fingerprint density at radius 2 is 1.40 bits per heavy atom. The third-order valence-corrected chi connectivity index (χ3v) is 15.9. The number of methoxy groups -OCH3 is 2. The van der Waals surface area contributed by atoms with E-state index in [0.29, 0.717) is 67.5 Å². The van der Waals surface area contributed by atoms with Gasteiger partial charge in [-0.1, -0.05) is 37.8 Å². The number of ether oxygens (including phenoxy) is 3. The number of pyridine rings is 1. The van der Waals surface area contributed by atoms with Gasteiger partial charge >= 0.3 is 24.4 Å². The van der Waals surface area contributed by atoms with E-state index in [-0.39, 0.29) is 17.3 Å². The summed E-state index contributed by atoms with van der Waals surface area (Å²) in [6, 6.07) is 10.8. The molecule has 1 saturated carbocycles. The van der Waals surface area contributed by atoms with Crippen LogP contribution in [0.1, 0.15) is 88.1 Å². The van der Waals surface area contributed by atoms with Crippen molar-refractivity contribution in [3.63, 3.8) is 0 Å². The highest BCUT2D eigenvalue weighted by Crippen LogP contribution is 2.46. The highest BCUT2D eigenvalue weighted by atomic mass is 19.4. The Kier molecular flexibility index (Phi) is 18.1. The molecule has 438 valence electrons. The first-order valence-corrected chi connectivity index (χ1v) is 26.5. The largest absolute Gasteiger partial charge is 0.469 e. The number of nitrogens with one attached hydrogen (secondary N) is 3. The van der Waals surface area contributed by atoms with E-state index in [1.807, 2.05) is 17.4 Å². The van der Waals surface area contributed by atoms with Crippen LogP contribution in [-0.2, 0) is 41.6 Å². The summed E-state index contributed by atoms with van der Waals surface area (Å²) in [6.45, 7) is 3.82. The highest BCUT2D eigenvalue weighted by Gasteiger charge is 2.57. The fourth-order valence-corrected chi connectivity index (χ4v) is 10.3. The zero-order chi connectivity index (χ0) is 58.8. The predicted octanol–water partition coefficient (Wildman–Crippen LogP) is 7.01. The number of rotatable bonds is 20. The molecule has 81 heavy (non-hydrogen) atoms. The molecule has 17 nitrogen and oxygen atoms in total. The summed E-state index contributed by atoms with van der Waals surface area (Å²) in [6.07, 6.45) is -7.97. The molecule has 4 aliphatic rings. The van der Waals surface area contributed by atoms with Gasteiger partial charge in [-0.25, -0.2) is 23.6 Å². The third kappa shape index (κ3) is 13.9. The van der Waals surface area contributed by atoms with Crippen molar-refractivity contribution in [1.29, 1.82) is 0 Å². The molecule has 3 amide bonds. The SMILES string of the molecule is COC(=O)C[C@H](C(=O)NN(Cc1c(F)cc(-c2ccn(C3CC3)n2)cc1F)C[C@H](O)[C@H](Cc1ccc(C#Cc2ccc(N3CC4CCC(C3)N4C3COC3)nc2)cc1)NC(=O)[C@@H](NC(=O)OC)C(C)(C)C(F)(F)F)C(C)(C)C(F)(F)F. The first-order chi connectivity index (χ1) is 38.2. The van der Waals surface area contributed by atoms with Gasteiger partial charge in [-0.3, -0.25) is 29.4 Å². The minimum atomic E-state index is -5.13. The molecule has 25 heteroatoms. The number of aromatic nitrogens is 3. The molecule has 4 N–H and O–H groups in total. The number of nitrogens with zero attached hydrogens (tertiary/aromatic N) is 6. The van der Waals surface area contributed by atoms with Crippen molar-refractivity contribution < 1.29 is 73.6 Å². The maximum Gasteiger partial charge on any atom is 0.407 e. The van der Waals surface area contributed by atoms with Crippen molar-refractivity contribution in [1.82, 2.24) is 40.7 Å². The Hall–Kier alpha value is -6.88. The van der Waals surface area contributed by atoms with Crippen molar-refractivity contribution >= 4 is 29.7 Å². The molecular weight excluding hydrogens is 1080 g/mol. The molecule has 4 aromatic rings. The highest BCUT2D eigenvalue weighted by molar-refractivity contribution is 5.87. The Morgan fingerprint density at radius 1 is 0.790 bits per heavy atom. The van der Waals surface area contributed by atoms with Gasteiger partial charge in [0, 0.05) is 72.9 Å². The fourth-order valence-electron chi connectivity index (χ4n) is 10.3. The summed E-state index contributed by atoms with van der Waals surface area (Å²) in [4.78, 5) is 62.8. The quantitative estimate of drug-likeness (QED) is 0.0306. The van der Waals surface area contributed by atoms with E-state index in [0.717, 1.165) is 84.2 Å². The number of piperazine rings is 1. The molecule has 2 bridgehead atoms. The maximum atomic E-state index is 16.2. The first kappa shape index (κ1) is 60.2. The number of hydrogen-bond acceptors (Lipinski definition) is 13. The third-order valence-electron chi connectivity index (χ3n) is 15.9. The van der Waals surface area contributed by atoms with Crippen LogP contribution < -0.4 is 21.0 Å². The van der Waals surface area contributed by atoms with Crippen LogP contribution in [0.15, 0.2) is 67.0 Å². The Labute approximate surface area is 463 Å². The summed E-state index contributed by atoms with van der Waals surface area (Å²) < 4.78 is 136. The van der Waals surface area contributed by atoms with Crippen molar-refractivity contribution in [2.24, 2.45) is 16.7 Å². The second-order valence-corrected chi connectivity index (χ2v) is 22.2. The number of carbonyl (C=O) groups excluding carboxylic acids is 4. The molecule has 4 fully saturated rings. The maximum absolute atomic E-state index is 16.2. The minimum Gasteiger partial charge on any atom is -0.469 e. The van der Waals surface area contributed by atoms with Gasteiger partial charge in [-0.05, 0) is 94.0 Å². The fraction of sp³-hybridized carbons (Fsp3) is 0.536. The van der Waals surface area contributed by atoms with Crippen molar-refractivity contribution in [3.8, 4) is 23.1 Å². The van der Waals surface area contributed by atoms with Crippen LogP contribution in [0.5, 0.6) is 0 Å². The van der Waals surface area contributed by atoms with Gasteiger partial charge in [-0.2, -0.15) is 31.4 Å². The summed E-state index contributed by atoms with van der Waals surface area (Å²) in [5.74, 6) is -1.90. The number of amides is 3. The number of carbonyl (C=O) groups is 4. The Bertz CT molecular complexity index is 2940. The Balaban J connectivity index is 1.07. The summed E-state index contributed by atoms with van der Waals surface area (Å²) in [5.41, 5.74) is -2.83. The van der Waals surface area contributed by atoms with Crippen molar-refractivity contribution in [2.75, 3.05) is 52.0 Å². The van der Waals surface area contributed by atoms with Crippen LogP contribution in [0, 0.1) is 40.2 Å². The van der Waals surface area contributed by atoms with E-state index < -0.39 is 114 Å². The van der Waals surface area contributed by atoms with Gasteiger partial charge in [0.05, 0.1) is 80.5 Å². The molecule has 3 aliphatic heterocycles. The number of aliphatic hydroxyl groups is 1. The second kappa shape index (κ2) is 24.3. The van der Waals surface area contributed by atoms with Crippen LogP contribution in [-0.4, -0.2) is 149 Å². The number of aliphatic hydroxyl groups excluding tert-OH is 1. The van der Waals surface area contributed by atoms with Gasteiger partial charge in [0.25, 0.3) is 0 Å². The number of hydrogen-bond donors (Lipinski definition) is 4. The van der Waals surface area contributed by atoms with E-state index in [1.165, 1.54) is 0 Å². The molecule has 8 rings (SSSR count). The average Bonchev–Trinajstić information content (AvgIpc) is 4.14. The Morgan fingerprint density at radius 3 is 1.94 bits per heavy atom. The number of hydrazine groups is 1. The number of fused-ring (bicyclic) bond motifs is 2. The number of alkyl carbamates (subject to hydrolysis) is 1. The lowest BCUT2D eigenvalue weighted by atomic mass is 9.75. The van der Waals surface area contributed by atoms with Crippen LogP contribution in [0.3, 0.4) is 0 Å². The number of alkyl halides is 6. The molecule has 6 atom stereocenters. The number of esters is 1. The van der Waals surface area contributed by atoms with Gasteiger partial charge in [0.15, 0.2) is 0 Å². The molecule has 2 aromatic carbocycles. The predicted molar refractivity (Wildman–Crippen MR) is 277 cm³/mol. The molecule has 0 radical (unpaired) electrons. The van der Waals surface area contributed by atoms with E-state index in [1.54, 1.807) is 47.4 Å². The van der Waals surface area contributed by atoms with E-state index in [2.05, 4.69) is 47.0 Å². The number of anilines is 1. The number of halogens is 8. The summed E-state index contributed by atoms with van der Waals surface area (Å²) in [5, 5.41) is 21.5. The monoisotopic (exact) mass is 1140 g/mol. The van der Waals surface area contributed by atoms with E-state index >= 15 is 8.78 Å². The lowest BCUT2D eigenvalue weighted by Crippen LogP contribution is -2.62. The van der Waals surface area contributed by atoms with Gasteiger partial charge < -0.3 is 34.9 Å². The number of benzene rings is 2. The average molecular weight is 1140 g/mol. The standard InChI is InChI=1S/C56H65F8N9O8/c1-53(2,55(59,60)61)41(24-48(75)79-5)50(76)69-71(28-40-42(57)22-35(23-43(40)58)44-19-20-72(68-44)36-14-15-36)29-46(74)45(66-51(77)49(67-52(78)80-6)54(3,4)56(62,63)64)21-33-10-7-32(8-11-33)9-12-34-13-18-47(65-25-34)70-26-37-16-17-38(27-70)73(37)39-30-81-31-39/h7-8,10-11,13,18-20,22-23,25,36-39,41,45-46,49,74H,14-17,21,24,26-31H2,1-6H3,(H,66,77)(H,67,78)(H,69,76)/t37?,38?,41-,45+,46+,49-/m1/s1. The van der Waals surface area contributed by atoms with E-state index in [9.17, 15) is 50.6 Å². The van der Waals surface area contributed by atoms with Crippen LogP contribution in [0.4, 0.5) is 45.7 Å². The van der Waals surface area contributed by atoms with Gasteiger partial charge in [0.2, 0.25) is 11.8 Å². The van der Waals surface area contributed by atoms with Gasteiger partial charge in [0.1, 0.15) is 23.5 Å². The molecule has 0 spiro atoms. The van der Waals surface area contributed by atoms with Crippen molar-refractivity contribution in [2.45, 2.75) is 127 Å². The summed E-state index contributed by atoms with van der Waals surface area (Å²) in [7, 11) is 1.74. The molecule has 3 saturated heterocycles.